The number of rotatable bonds is 12. The van der Waals surface area contributed by atoms with E-state index in [2.05, 4.69) is 34.2 Å². The molecule has 7 nitrogen and oxygen atoms in total. The molecule has 37 heavy (non-hydrogen) atoms. The van der Waals surface area contributed by atoms with E-state index in [1.165, 1.54) is 5.56 Å². The number of hydrogen-bond acceptors (Lipinski definition) is 6. The number of nitriles is 1. The molecule has 0 aliphatic carbocycles. The van der Waals surface area contributed by atoms with E-state index < -0.39 is 0 Å². The van der Waals surface area contributed by atoms with Crippen LogP contribution in [0.5, 0.6) is 5.75 Å². The lowest BCUT2D eigenvalue weighted by Gasteiger charge is -2.23. The number of pyridine rings is 1. The SMILES string of the molecule is COc1ccccc1CN(Cc1ccccc1)Cc1ccc(C(=O)N(CCC#N)Cc2cccnc2)o1. The average molecular weight is 495 g/mol. The summed E-state index contributed by atoms with van der Waals surface area (Å²) in [4.78, 5) is 21.3. The molecule has 2 heterocycles. The van der Waals surface area contributed by atoms with Gasteiger partial charge in [0.25, 0.3) is 5.91 Å². The second kappa shape index (κ2) is 13.1. The van der Waals surface area contributed by atoms with Crippen LogP contribution in [0.2, 0.25) is 0 Å². The normalized spacial score (nSPS) is 10.7. The largest absolute Gasteiger partial charge is 0.496 e. The van der Waals surface area contributed by atoms with Crippen molar-refractivity contribution in [1.82, 2.24) is 14.8 Å². The van der Waals surface area contributed by atoms with Gasteiger partial charge in [-0.3, -0.25) is 14.7 Å². The second-order valence-corrected chi connectivity index (χ2v) is 8.70. The zero-order valence-electron chi connectivity index (χ0n) is 20.9. The fourth-order valence-electron chi connectivity index (χ4n) is 4.19. The zero-order chi connectivity index (χ0) is 25.9. The van der Waals surface area contributed by atoms with Crippen LogP contribution in [-0.2, 0) is 26.2 Å². The van der Waals surface area contributed by atoms with Gasteiger partial charge in [-0.25, -0.2) is 0 Å². The first-order valence-corrected chi connectivity index (χ1v) is 12.2. The van der Waals surface area contributed by atoms with E-state index in [1.807, 2.05) is 54.6 Å². The Hall–Kier alpha value is -4.41. The molecule has 0 saturated heterocycles. The molecule has 0 fully saturated rings. The van der Waals surface area contributed by atoms with Crippen LogP contribution < -0.4 is 4.74 Å². The van der Waals surface area contributed by atoms with Crippen molar-refractivity contribution in [2.24, 2.45) is 0 Å². The number of aromatic nitrogens is 1. The van der Waals surface area contributed by atoms with Crippen molar-refractivity contribution < 1.29 is 13.9 Å². The standard InChI is InChI=1S/C30H30N4O3/c1-36-28-13-6-5-12-26(28)22-33(20-24-9-3-2-4-10-24)23-27-14-15-29(37-27)30(35)34(18-8-16-31)21-25-11-7-17-32-19-25/h2-7,9-15,17,19H,8,18,20-23H2,1H3. The summed E-state index contributed by atoms with van der Waals surface area (Å²) in [5.41, 5.74) is 3.15. The Labute approximate surface area is 217 Å². The first kappa shape index (κ1) is 25.7. The Morgan fingerprint density at radius 3 is 2.46 bits per heavy atom. The summed E-state index contributed by atoms with van der Waals surface area (Å²) in [5.74, 6) is 1.54. The van der Waals surface area contributed by atoms with E-state index in [4.69, 9.17) is 14.4 Å². The minimum atomic E-state index is -0.246. The smallest absolute Gasteiger partial charge is 0.289 e. The van der Waals surface area contributed by atoms with Crippen molar-refractivity contribution in [2.75, 3.05) is 13.7 Å². The van der Waals surface area contributed by atoms with Gasteiger partial charge in [0.05, 0.1) is 26.1 Å². The van der Waals surface area contributed by atoms with Gasteiger partial charge < -0.3 is 14.1 Å². The van der Waals surface area contributed by atoms with E-state index in [0.29, 0.717) is 38.5 Å². The molecule has 0 bridgehead atoms. The molecule has 0 aliphatic rings. The molecule has 0 radical (unpaired) electrons. The highest BCUT2D eigenvalue weighted by atomic mass is 16.5. The van der Waals surface area contributed by atoms with Crippen molar-refractivity contribution in [2.45, 2.75) is 32.6 Å². The molecule has 1 amide bonds. The van der Waals surface area contributed by atoms with Gasteiger partial charge in [0.15, 0.2) is 5.76 Å². The van der Waals surface area contributed by atoms with Crippen LogP contribution >= 0.6 is 0 Å². The monoisotopic (exact) mass is 494 g/mol. The average Bonchev–Trinajstić information content (AvgIpc) is 3.40. The molecule has 0 N–H and O–H groups in total. The van der Waals surface area contributed by atoms with E-state index in [0.717, 1.165) is 16.9 Å². The second-order valence-electron chi connectivity index (χ2n) is 8.70. The summed E-state index contributed by atoms with van der Waals surface area (Å²) in [5, 5.41) is 9.08. The van der Waals surface area contributed by atoms with Gasteiger partial charge in [-0.1, -0.05) is 54.6 Å². The molecule has 7 heteroatoms. The molecule has 0 unspecified atom stereocenters. The number of furan rings is 1. The highest BCUT2D eigenvalue weighted by Gasteiger charge is 2.21. The first-order chi connectivity index (χ1) is 18.2. The van der Waals surface area contributed by atoms with Crippen molar-refractivity contribution in [3.63, 3.8) is 0 Å². The van der Waals surface area contributed by atoms with E-state index >= 15 is 0 Å². The van der Waals surface area contributed by atoms with Gasteiger partial charge >= 0.3 is 0 Å². The summed E-state index contributed by atoms with van der Waals surface area (Å²) in [7, 11) is 1.67. The van der Waals surface area contributed by atoms with Gasteiger partial charge in [-0.05, 0) is 35.4 Å². The minimum Gasteiger partial charge on any atom is -0.496 e. The number of benzene rings is 2. The van der Waals surface area contributed by atoms with Crippen LogP contribution in [0.15, 0.2) is 95.7 Å². The lowest BCUT2D eigenvalue weighted by Crippen LogP contribution is -2.31. The third kappa shape index (κ3) is 7.29. The van der Waals surface area contributed by atoms with Crippen molar-refractivity contribution in [1.29, 1.82) is 5.26 Å². The maximum atomic E-state index is 13.3. The molecular weight excluding hydrogens is 464 g/mol. The van der Waals surface area contributed by atoms with E-state index in [-0.39, 0.29) is 18.1 Å². The number of para-hydroxylation sites is 1. The molecule has 2 aromatic heterocycles. The van der Waals surface area contributed by atoms with Crippen LogP contribution in [-0.4, -0.2) is 34.3 Å². The summed E-state index contributed by atoms with van der Waals surface area (Å²) in [6, 6.07) is 27.6. The number of ether oxygens (including phenoxy) is 1. The van der Waals surface area contributed by atoms with Crippen LogP contribution in [0, 0.1) is 11.3 Å². The molecular formula is C30H30N4O3. The van der Waals surface area contributed by atoms with Crippen LogP contribution in [0.4, 0.5) is 0 Å². The van der Waals surface area contributed by atoms with Gasteiger partial charge in [-0.2, -0.15) is 5.26 Å². The predicted molar refractivity (Wildman–Crippen MR) is 140 cm³/mol. The first-order valence-electron chi connectivity index (χ1n) is 12.2. The molecule has 4 rings (SSSR count). The van der Waals surface area contributed by atoms with Gasteiger partial charge in [0, 0.05) is 44.1 Å². The van der Waals surface area contributed by atoms with Crippen molar-refractivity contribution >= 4 is 5.91 Å². The molecule has 188 valence electrons. The molecule has 0 atom stereocenters. The van der Waals surface area contributed by atoms with E-state index in [1.54, 1.807) is 30.5 Å². The molecule has 2 aromatic carbocycles. The van der Waals surface area contributed by atoms with Crippen molar-refractivity contribution in [3.05, 3.63) is 119 Å². The molecule has 0 aliphatic heterocycles. The highest BCUT2D eigenvalue weighted by Crippen LogP contribution is 2.23. The summed E-state index contributed by atoms with van der Waals surface area (Å²) in [6.07, 6.45) is 3.65. The third-order valence-electron chi connectivity index (χ3n) is 5.96. The van der Waals surface area contributed by atoms with Gasteiger partial charge in [-0.15, -0.1) is 0 Å². The van der Waals surface area contributed by atoms with Crippen LogP contribution in [0.3, 0.4) is 0 Å². The van der Waals surface area contributed by atoms with Gasteiger partial charge in [0.1, 0.15) is 11.5 Å². The summed E-state index contributed by atoms with van der Waals surface area (Å²) in [6.45, 7) is 2.55. The highest BCUT2D eigenvalue weighted by molar-refractivity contribution is 5.91. The van der Waals surface area contributed by atoms with Crippen molar-refractivity contribution in [3.8, 4) is 11.8 Å². The number of carbonyl (C=O) groups excluding carboxylic acids is 1. The maximum absolute atomic E-state index is 13.3. The Morgan fingerprint density at radius 2 is 1.70 bits per heavy atom. The lowest BCUT2D eigenvalue weighted by molar-refractivity contribution is 0.0710. The number of nitrogens with zero attached hydrogens (tertiary/aromatic N) is 4. The number of amides is 1. The minimum absolute atomic E-state index is 0.239. The number of hydrogen-bond donors (Lipinski definition) is 0. The molecule has 0 spiro atoms. The summed E-state index contributed by atoms with van der Waals surface area (Å²) >= 11 is 0. The van der Waals surface area contributed by atoms with Gasteiger partial charge in [0.2, 0.25) is 0 Å². The zero-order valence-corrected chi connectivity index (χ0v) is 20.9. The maximum Gasteiger partial charge on any atom is 0.289 e. The van der Waals surface area contributed by atoms with E-state index in [9.17, 15) is 4.79 Å². The number of carbonyl (C=O) groups is 1. The molecule has 4 aromatic rings. The Balaban J connectivity index is 1.51. The number of methoxy groups -OCH3 is 1. The Kier molecular flexibility index (Phi) is 9.06. The lowest BCUT2D eigenvalue weighted by atomic mass is 10.1. The van der Waals surface area contributed by atoms with Crippen LogP contribution in [0.1, 0.15) is 39.4 Å². The third-order valence-corrected chi connectivity index (χ3v) is 5.96. The fraction of sp³-hybridized carbons (Fsp3) is 0.233. The Bertz CT molecular complexity index is 1320. The summed E-state index contributed by atoms with van der Waals surface area (Å²) < 4.78 is 11.6. The topological polar surface area (TPSA) is 82.6 Å². The predicted octanol–water partition coefficient (Wildman–Crippen LogP) is 5.44. The van der Waals surface area contributed by atoms with Crippen LogP contribution in [0.25, 0.3) is 0 Å². The quantitative estimate of drug-likeness (QED) is 0.261. The Morgan fingerprint density at radius 1 is 0.919 bits per heavy atom. The molecule has 0 saturated carbocycles. The fourth-order valence-corrected chi connectivity index (χ4v) is 4.19.